The highest BCUT2D eigenvalue weighted by molar-refractivity contribution is 7.47. The Hall–Kier alpha value is -1.58. The molecule has 0 radical (unpaired) electrons. The fourth-order valence-corrected chi connectivity index (χ4v) is 7.39. The molecule has 0 aliphatic rings. The Morgan fingerprint density at radius 3 is 1.60 bits per heavy atom. The summed E-state index contributed by atoms with van der Waals surface area (Å²) < 4.78 is 22.1. The largest absolute Gasteiger partial charge is 0.472 e. The van der Waals surface area contributed by atoms with E-state index in [1.807, 2.05) is 6.08 Å². The van der Waals surface area contributed by atoms with Crippen LogP contribution in [0.1, 0.15) is 206 Å². The lowest BCUT2D eigenvalue weighted by molar-refractivity contribution is -0.124. The van der Waals surface area contributed by atoms with Gasteiger partial charge in [0.2, 0.25) is 5.91 Å². The van der Waals surface area contributed by atoms with Gasteiger partial charge in [0.05, 0.1) is 37.9 Å². The number of hydrogen-bond donors (Lipinski definition) is 5. The third kappa shape index (κ3) is 41.0. The summed E-state index contributed by atoms with van der Waals surface area (Å²) in [5, 5.41) is 24.1. The first kappa shape index (κ1) is 55.4. The zero-order valence-corrected chi connectivity index (χ0v) is 37.6. The fraction of sp³-hybridized carbons (Fsp3) is 0.809. The van der Waals surface area contributed by atoms with Crippen LogP contribution < -0.4 is 11.1 Å². The minimum Gasteiger partial charge on any atom is -0.393 e. The molecule has 0 aromatic heterocycles. The number of aliphatic hydroxyl groups excluding tert-OH is 2. The number of carbonyl (C=O) groups is 1. The van der Waals surface area contributed by atoms with Gasteiger partial charge in [0.25, 0.3) is 0 Å². The van der Waals surface area contributed by atoms with Gasteiger partial charge in [-0.25, -0.2) is 4.57 Å². The molecular formula is C47H89N2O7P. The molecule has 0 aromatic carbocycles. The molecule has 4 atom stereocenters. The normalized spacial score (nSPS) is 15.0. The molecule has 0 aliphatic heterocycles. The molecule has 0 rings (SSSR count). The Kier molecular flexibility index (Phi) is 41.4. The van der Waals surface area contributed by atoms with E-state index in [1.165, 1.54) is 116 Å². The maximum Gasteiger partial charge on any atom is 0.472 e. The van der Waals surface area contributed by atoms with E-state index in [-0.39, 0.29) is 19.6 Å². The second-order valence-corrected chi connectivity index (χ2v) is 17.2. The van der Waals surface area contributed by atoms with Gasteiger partial charge in [0.1, 0.15) is 0 Å². The van der Waals surface area contributed by atoms with Crippen molar-refractivity contribution < 1.29 is 33.5 Å². The van der Waals surface area contributed by atoms with Gasteiger partial charge in [-0.1, -0.05) is 184 Å². The molecule has 10 heteroatoms. The monoisotopic (exact) mass is 825 g/mol. The van der Waals surface area contributed by atoms with Crippen molar-refractivity contribution in [3.8, 4) is 0 Å². The van der Waals surface area contributed by atoms with Crippen LogP contribution in [0.15, 0.2) is 48.6 Å². The number of allylic oxidation sites excluding steroid dienone is 7. The summed E-state index contributed by atoms with van der Waals surface area (Å²) in [6.45, 7) is 3.92. The maximum absolute atomic E-state index is 12.8. The third-order valence-corrected chi connectivity index (χ3v) is 11.2. The Morgan fingerprint density at radius 1 is 0.614 bits per heavy atom. The zero-order valence-electron chi connectivity index (χ0n) is 36.7. The molecule has 4 unspecified atom stereocenters. The molecule has 0 spiro atoms. The van der Waals surface area contributed by atoms with Gasteiger partial charge in [0.15, 0.2) is 0 Å². The van der Waals surface area contributed by atoms with Gasteiger partial charge in [-0.05, 0) is 64.2 Å². The molecule has 9 nitrogen and oxygen atoms in total. The summed E-state index contributed by atoms with van der Waals surface area (Å²) in [6, 6.07) is -1.00. The molecule has 0 aliphatic carbocycles. The average molecular weight is 825 g/mol. The van der Waals surface area contributed by atoms with E-state index >= 15 is 0 Å². The van der Waals surface area contributed by atoms with Crippen molar-refractivity contribution in [2.24, 2.45) is 5.73 Å². The SMILES string of the molecule is CCCCC/C=C\C/C=C\CCCCCCCC(O)CC(=O)NC(COP(=O)(O)OCCN)C(O)/C=C/CC/C=C/CCCCCCCCCCCCCCCC. The van der Waals surface area contributed by atoms with E-state index in [1.54, 1.807) is 6.08 Å². The highest BCUT2D eigenvalue weighted by Gasteiger charge is 2.27. The minimum absolute atomic E-state index is 0.0416. The first-order valence-electron chi connectivity index (χ1n) is 23.3. The number of aliphatic hydroxyl groups is 2. The predicted molar refractivity (Wildman–Crippen MR) is 241 cm³/mol. The standard InChI is InChI=1S/C47H89N2O7P/c1-3-5-7-9-11-13-15-17-19-20-21-22-23-25-27-29-31-33-35-37-39-46(51)45(43-56-57(53,54)55-41-40-48)49-47(52)42-44(50)38-36-34-32-30-28-26-24-18-16-14-12-10-8-6-4-2/h12,14,18,24,29,31,37,39,44-46,50-51H,3-11,13,15-17,19-23,25-28,30,32-36,38,40-43,48H2,1-2H3,(H,49,52)(H,53,54)/b14-12-,24-18-,31-29+,39-37+. The molecule has 0 fully saturated rings. The van der Waals surface area contributed by atoms with Crippen molar-refractivity contribution in [1.29, 1.82) is 0 Å². The number of carbonyl (C=O) groups excluding carboxylic acids is 1. The lowest BCUT2D eigenvalue weighted by Gasteiger charge is -2.24. The van der Waals surface area contributed by atoms with E-state index in [2.05, 4.69) is 55.6 Å². The highest BCUT2D eigenvalue weighted by Crippen LogP contribution is 2.43. The van der Waals surface area contributed by atoms with Crippen LogP contribution in [0.2, 0.25) is 0 Å². The van der Waals surface area contributed by atoms with E-state index in [9.17, 15) is 24.5 Å². The average Bonchev–Trinajstić information content (AvgIpc) is 3.19. The van der Waals surface area contributed by atoms with Crippen LogP contribution in [0.3, 0.4) is 0 Å². The van der Waals surface area contributed by atoms with E-state index in [0.29, 0.717) is 12.8 Å². The lowest BCUT2D eigenvalue weighted by atomic mass is 10.0. The fourth-order valence-electron chi connectivity index (χ4n) is 6.63. The van der Waals surface area contributed by atoms with Crippen LogP contribution in [0.5, 0.6) is 0 Å². The Labute approximate surface area is 350 Å². The molecule has 6 N–H and O–H groups in total. The first-order chi connectivity index (χ1) is 27.8. The smallest absolute Gasteiger partial charge is 0.393 e. The third-order valence-electron chi connectivity index (χ3n) is 10.2. The van der Waals surface area contributed by atoms with Gasteiger partial charge in [-0.15, -0.1) is 0 Å². The number of unbranched alkanes of at least 4 members (excludes halogenated alkanes) is 23. The van der Waals surface area contributed by atoms with Crippen LogP contribution >= 0.6 is 7.82 Å². The molecule has 0 saturated carbocycles. The summed E-state index contributed by atoms with van der Waals surface area (Å²) in [7, 11) is -4.41. The summed E-state index contributed by atoms with van der Waals surface area (Å²) in [5.41, 5.74) is 5.37. The van der Waals surface area contributed by atoms with Gasteiger partial charge in [-0.3, -0.25) is 13.8 Å². The topological polar surface area (TPSA) is 151 Å². The van der Waals surface area contributed by atoms with Gasteiger partial charge in [0, 0.05) is 6.54 Å². The molecule has 0 aromatic rings. The number of hydrogen-bond acceptors (Lipinski definition) is 7. The summed E-state index contributed by atoms with van der Waals surface area (Å²) >= 11 is 0. The van der Waals surface area contributed by atoms with Gasteiger partial charge < -0.3 is 26.2 Å². The number of nitrogens with one attached hydrogen (secondary N) is 1. The molecular weight excluding hydrogens is 735 g/mol. The number of nitrogens with two attached hydrogens (primary N) is 1. The van der Waals surface area contributed by atoms with Crippen molar-refractivity contribution in [3.05, 3.63) is 48.6 Å². The maximum atomic E-state index is 12.8. The molecule has 0 bridgehead atoms. The summed E-state index contributed by atoms with van der Waals surface area (Å²) in [5.74, 6) is -0.465. The van der Waals surface area contributed by atoms with Crippen molar-refractivity contribution in [3.63, 3.8) is 0 Å². The summed E-state index contributed by atoms with van der Waals surface area (Å²) in [4.78, 5) is 22.8. The van der Waals surface area contributed by atoms with Crippen LogP contribution in [-0.2, 0) is 18.4 Å². The van der Waals surface area contributed by atoms with Crippen molar-refractivity contribution in [1.82, 2.24) is 5.32 Å². The van der Waals surface area contributed by atoms with Crippen molar-refractivity contribution in [2.75, 3.05) is 19.8 Å². The first-order valence-corrected chi connectivity index (χ1v) is 24.8. The second kappa shape index (κ2) is 42.5. The Balaban J connectivity index is 4.35. The molecule has 0 heterocycles. The number of phosphoric acid groups is 1. The Morgan fingerprint density at radius 2 is 1.05 bits per heavy atom. The highest BCUT2D eigenvalue weighted by atomic mass is 31.2. The van der Waals surface area contributed by atoms with Gasteiger partial charge >= 0.3 is 7.82 Å². The minimum atomic E-state index is -4.41. The van der Waals surface area contributed by atoms with Crippen molar-refractivity contribution in [2.45, 2.75) is 225 Å². The van der Waals surface area contributed by atoms with E-state index in [4.69, 9.17) is 14.8 Å². The van der Waals surface area contributed by atoms with Crippen LogP contribution in [0, 0.1) is 0 Å². The lowest BCUT2D eigenvalue weighted by Crippen LogP contribution is -2.46. The molecule has 334 valence electrons. The summed E-state index contributed by atoms with van der Waals surface area (Å²) in [6.07, 6.45) is 49.1. The van der Waals surface area contributed by atoms with Crippen molar-refractivity contribution >= 4 is 13.7 Å². The van der Waals surface area contributed by atoms with Gasteiger partial charge in [-0.2, -0.15) is 0 Å². The molecule has 1 amide bonds. The zero-order chi connectivity index (χ0) is 41.9. The Bertz CT molecular complexity index is 1050. The number of rotatable bonds is 43. The quantitative estimate of drug-likeness (QED) is 0.0232. The molecule has 57 heavy (non-hydrogen) atoms. The van der Waals surface area contributed by atoms with Crippen LogP contribution in [0.25, 0.3) is 0 Å². The van der Waals surface area contributed by atoms with Crippen LogP contribution in [0.4, 0.5) is 0 Å². The van der Waals surface area contributed by atoms with E-state index in [0.717, 1.165) is 57.8 Å². The van der Waals surface area contributed by atoms with Crippen LogP contribution in [-0.4, -0.2) is 59.0 Å². The second-order valence-electron chi connectivity index (χ2n) is 15.8. The molecule has 0 saturated heterocycles. The number of phosphoric ester groups is 1. The van der Waals surface area contributed by atoms with E-state index < -0.39 is 38.6 Å². The number of amides is 1. The predicted octanol–water partition coefficient (Wildman–Crippen LogP) is 12.3.